The average Bonchev–Trinajstić information content (AvgIpc) is 2.48. The Labute approximate surface area is 131 Å². The highest BCUT2D eigenvalue weighted by Crippen LogP contribution is 2.37. The standard InChI is InChI=1S/C20H27P/c1-5-6-9-15-21(19-13-8-7-11-17(19)3)20-14-10-12-16(2)18(20)4/h7-8,10-14H,5-6,9,15H2,1-4H3. The van der Waals surface area contributed by atoms with Gasteiger partial charge in [0.25, 0.3) is 0 Å². The summed E-state index contributed by atoms with van der Waals surface area (Å²) in [5.41, 5.74) is 4.36. The van der Waals surface area contributed by atoms with Gasteiger partial charge in [-0.1, -0.05) is 62.2 Å². The summed E-state index contributed by atoms with van der Waals surface area (Å²) in [5, 5.41) is 3.15. The van der Waals surface area contributed by atoms with E-state index in [0.717, 1.165) is 0 Å². The molecule has 0 aliphatic carbocycles. The molecule has 1 atom stereocenters. The molecular formula is C20H27P. The molecule has 2 aromatic rings. The molecule has 0 N–H and O–H groups in total. The van der Waals surface area contributed by atoms with Crippen molar-refractivity contribution < 1.29 is 0 Å². The van der Waals surface area contributed by atoms with Crippen LogP contribution in [0, 0.1) is 20.8 Å². The molecule has 1 heteroatoms. The maximum absolute atomic E-state index is 2.35. The van der Waals surface area contributed by atoms with E-state index in [1.807, 2.05) is 0 Å². The third-order valence-electron chi connectivity index (χ3n) is 4.26. The Kier molecular flexibility index (Phi) is 6.00. The molecule has 0 aromatic heterocycles. The summed E-state index contributed by atoms with van der Waals surface area (Å²) >= 11 is 0. The highest BCUT2D eigenvalue weighted by Gasteiger charge is 2.17. The molecule has 0 heterocycles. The van der Waals surface area contributed by atoms with Gasteiger partial charge < -0.3 is 0 Å². The lowest BCUT2D eigenvalue weighted by Gasteiger charge is -2.23. The fraction of sp³-hybridized carbons (Fsp3) is 0.400. The first-order chi connectivity index (χ1) is 10.1. The quantitative estimate of drug-likeness (QED) is 0.505. The van der Waals surface area contributed by atoms with Crippen LogP contribution in [-0.2, 0) is 0 Å². The summed E-state index contributed by atoms with van der Waals surface area (Å²) in [7, 11) is -0.220. The van der Waals surface area contributed by atoms with Gasteiger partial charge in [0, 0.05) is 0 Å². The highest BCUT2D eigenvalue weighted by atomic mass is 31.1. The van der Waals surface area contributed by atoms with Crippen LogP contribution in [0.2, 0.25) is 0 Å². The molecule has 0 nitrogen and oxygen atoms in total. The van der Waals surface area contributed by atoms with E-state index in [1.54, 1.807) is 10.6 Å². The number of rotatable bonds is 6. The third kappa shape index (κ3) is 3.95. The Morgan fingerprint density at radius 1 is 0.762 bits per heavy atom. The maximum atomic E-state index is 2.35. The first-order valence-corrected chi connectivity index (χ1v) is 9.57. The van der Waals surface area contributed by atoms with Crippen molar-refractivity contribution in [2.45, 2.75) is 47.0 Å². The number of hydrogen-bond donors (Lipinski definition) is 0. The molecule has 0 fully saturated rings. The minimum atomic E-state index is -0.220. The smallest absolute Gasteiger partial charge is 0.0163 e. The van der Waals surface area contributed by atoms with E-state index < -0.39 is 0 Å². The second-order valence-electron chi connectivity index (χ2n) is 5.86. The molecular weight excluding hydrogens is 271 g/mol. The topological polar surface area (TPSA) is 0 Å². The summed E-state index contributed by atoms with van der Waals surface area (Å²) in [4.78, 5) is 0. The fourth-order valence-electron chi connectivity index (χ4n) is 2.78. The second-order valence-corrected chi connectivity index (χ2v) is 8.13. The summed E-state index contributed by atoms with van der Waals surface area (Å²) in [6.07, 6.45) is 5.29. The normalized spacial score (nSPS) is 12.4. The van der Waals surface area contributed by atoms with Crippen molar-refractivity contribution >= 4 is 18.5 Å². The van der Waals surface area contributed by atoms with E-state index in [2.05, 4.69) is 70.2 Å². The van der Waals surface area contributed by atoms with Gasteiger partial charge >= 0.3 is 0 Å². The molecule has 1 unspecified atom stereocenters. The molecule has 21 heavy (non-hydrogen) atoms. The lowest BCUT2D eigenvalue weighted by atomic mass is 10.1. The Bertz CT molecular complexity index is 586. The van der Waals surface area contributed by atoms with Crippen molar-refractivity contribution in [3.8, 4) is 0 Å². The Hall–Kier alpha value is -1.13. The maximum Gasteiger partial charge on any atom is -0.0163 e. The average molecular weight is 298 g/mol. The van der Waals surface area contributed by atoms with E-state index in [0.29, 0.717) is 0 Å². The molecule has 0 aliphatic rings. The van der Waals surface area contributed by atoms with Gasteiger partial charge in [0.2, 0.25) is 0 Å². The molecule has 0 radical (unpaired) electrons. The SMILES string of the molecule is CCCCCP(c1ccccc1C)c1cccc(C)c1C. The predicted octanol–water partition coefficient (Wildman–Crippen LogP) is 5.23. The van der Waals surface area contributed by atoms with E-state index in [9.17, 15) is 0 Å². The van der Waals surface area contributed by atoms with Gasteiger partial charge in [0.15, 0.2) is 0 Å². The van der Waals surface area contributed by atoms with Crippen LogP contribution in [0.1, 0.15) is 42.9 Å². The lowest BCUT2D eigenvalue weighted by Crippen LogP contribution is -2.19. The minimum Gasteiger partial charge on any atom is -0.0654 e. The Balaban J connectivity index is 2.41. The molecule has 0 saturated heterocycles. The van der Waals surface area contributed by atoms with Gasteiger partial charge in [0.05, 0.1) is 0 Å². The molecule has 0 aliphatic heterocycles. The van der Waals surface area contributed by atoms with Gasteiger partial charge in [-0.2, -0.15) is 0 Å². The zero-order valence-electron chi connectivity index (χ0n) is 13.8. The van der Waals surface area contributed by atoms with E-state index in [4.69, 9.17) is 0 Å². The van der Waals surface area contributed by atoms with Crippen LogP contribution in [0.4, 0.5) is 0 Å². The van der Waals surface area contributed by atoms with Crippen LogP contribution >= 0.6 is 7.92 Å². The first kappa shape index (κ1) is 16.2. The largest absolute Gasteiger partial charge is 0.0654 e. The molecule has 2 rings (SSSR count). The van der Waals surface area contributed by atoms with E-state index in [-0.39, 0.29) is 7.92 Å². The zero-order chi connectivity index (χ0) is 15.2. The van der Waals surface area contributed by atoms with Crippen molar-refractivity contribution in [1.29, 1.82) is 0 Å². The van der Waals surface area contributed by atoms with Gasteiger partial charge in [-0.25, -0.2) is 0 Å². The summed E-state index contributed by atoms with van der Waals surface area (Å²) < 4.78 is 0. The number of unbranched alkanes of at least 4 members (excludes halogenated alkanes) is 2. The summed E-state index contributed by atoms with van der Waals surface area (Å²) in [6.45, 7) is 9.07. The van der Waals surface area contributed by atoms with Crippen LogP contribution in [-0.4, -0.2) is 6.16 Å². The monoisotopic (exact) mass is 298 g/mol. The van der Waals surface area contributed by atoms with E-state index >= 15 is 0 Å². The second kappa shape index (κ2) is 7.76. The fourth-order valence-corrected chi connectivity index (χ4v) is 5.68. The van der Waals surface area contributed by atoms with Crippen molar-refractivity contribution in [2.24, 2.45) is 0 Å². The first-order valence-electron chi connectivity index (χ1n) is 8.04. The number of benzene rings is 2. The van der Waals surface area contributed by atoms with Crippen LogP contribution in [0.5, 0.6) is 0 Å². The van der Waals surface area contributed by atoms with Crippen molar-refractivity contribution in [1.82, 2.24) is 0 Å². The number of hydrogen-bond acceptors (Lipinski definition) is 0. The molecule has 2 aromatic carbocycles. The minimum absolute atomic E-state index is 0.220. The van der Waals surface area contributed by atoms with Crippen molar-refractivity contribution in [3.63, 3.8) is 0 Å². The van der Waals surface area contributed by atoms with Crippen LogP contribution in [0.3, 0.4) is 0 Å². The highest BCUT2D eigenvalue weighted by molar-refractivity contribution is 7.73. The molecule has 0 bridgehead atoms. The van der Waals surface area contributed by atoms with Gasteiger partial charge in [-0.05, 0) is 68.6 Å². The van der Waals surface area contributed by atoms with Gasteiger partial charge in [-0.3, -0.25) is 0 Å². The van der Waals surface area contributed by atoms with Crippen molar-refractivity contribution in [2.75, 3.05) is 6.16 Å². The zero-order valence-corrected chi connectivity index (χ0v) is 14.7. The van der Waals surface area contributed by atoms with Gasteiger partial charge in [-0.15, -0.1) is 0 Å². The Morgan fingerprint density at radius 2 is 1.43 bits per heavy atom. The van der Waals surface area contributed by atoms with Gasteiger partial charge in [0.1, 0.15) is 0 Å². The summed E-state index contributed by atoms with van der Waals surface area (Å²) in [6, 6.07) is 15.8. The lowest BCUT2D eigenvalue weighted by molar-refractivity contribution is 0.777. The van der Waals surface area contributed by atoms with Crippen LogP contribution in [0.25, 0.3) is 0 Å². The molecule has 0 amide bonds. The Morgan fingerprint density at radius 3 is 2.14 bits per heavy atom. The molecule has 0 spiro atoms. The third-order valence-corrected chi connectivity index (χ3v) is 7.17. The van der Waals surface area contributed by atoms with Crippen LogP contribution in [0.15, 0.2) is 42.5 Å². The molecule has 112 valence electrons. The summed E-state index contributed by atoms with van der Waals surface area (Å²) in [5.74, 6) is 0. The predicted molar refractivity (Wildman–Crippen MR) is 97.7 cm³/mol. The number of aryl methyl sites for hydroxylation is 2. The van der Waals surface area contributed by atoms with Crippen LogP contribution < -0.4 is 10.6 Å². The van der Waals surface area contributed by atoms with Crippen molar-refractivity contribution in [3.05, 3.63) is 59.2 Å². The van der Waals surface area contributed by atoms with E-state index in [1.165, 1.54) is 42.1 Å². The molecule has 0 saturated carbocycles.